The first-order valence-corrected chi connectivity index (χ1v) is 8.17. The number of hydrazine groups is 1. The van der Waals surface area contributed by atoms with Gasteiger partial charge in [-0.05, 0) is 32.1 Å². The van der Waals surface area contributed by atoms with Crippen LogP contribution in [-0.2, 0) is 14.6 Å². The largest absolute Gasteiger partial charge is 0.380 e. The van der Waals surface area contributed by atoms with Crippen LogP contribution in [0.25, 0.3) is 0 Å². The minimum Gasteiger partial charge on any atom is -0.380 e. The van der Waals surface area contributed by atoms with Crippen LogP contribution in [0.1, 0.15) is 32.6 Å². The molecular weight excluding hydrogens is 240 g/mol. The molecule has 6 heteroatoms. The van der Waals surface area contributed by atoms with Gasteiger partial charge in [0.1, 0.15) is 9.84 Å². The number of nitrogens with two attached hydrogens (primary N) is 1. The van der Waals surface area contributed by atoms with Crippen LogP contribution in [0.4, 0.5) is 0 Å². The normalized spacial score (nSPS) is 27.9. The van der Waals surface area contributed by atoms with Crippen molar-refractivity contribution >= 4 is 9.84 Å². The third-order valence-electron chi connectivity index (χ3n) is 3.56. The highest BCUT2D eigenvalue weighted by Crippen LogP contribution is 2.30. The Hall–Kier alpha value is -0.170. The molecule has 0 heterocycles. The van der Waals surface area contributed by atoms with Gasteiger partial charge in [-0.2, -0.15) is 0 Å². The molecular formula is C11H24N2O3S. The van der Waals surface area contributed by atoms with Crippen LogP contribution >= 0.6 is 0 Å². The maximum absolute atomic E-state index is 11.6. The van der Waals surface area contributed by atoms with Crippen molar-refractivity contribution < 1.29 is 13.2 Å². The van der Waals surface area contributed by atoms with Crippen LogP contribution < -0.4 is 11.3 Å². The lowest BCUT2D eigenvalue weighted by molar-refractivity contribution is 0.0935. The quantitative estimate of drug-likeness (QED) is 0.538. The molecule has 5 nitrogen and oxygen atoms in total. The molecule has 102 valence electrons. The highest BCUT2D eigenvalue weighted by molar-refractivity contribution is 7.91. The van der Waals surface area contributed by atoms with Crippen LogP contribution in [0.5, 0.6) is 0 Å². The summed E-state index contributed by atoms with van der Waals surface area (Å²) in [5.41, 5.74) is 2.76. The minimum absolute atomic E-state index is 0.0551. The fraction of sp³-hybridized carbons (Fsp3) is 1.00. The molecule has 0 aromatic heterocycles. The van der Waals surface area contributed by atoms with Crippen molar-refractivity contribution in [1.29, 1.82) is 0 Å². The van der Waals surface area contributed by atoms with E-state index in [-0.39, 0.29) is 11.3 Å². The topological polar surface area (TPSA) is 81.4 Å². The highest BCUT2D eigenvalue weighted by Gasteiger charge is 2.32. The lowest BCUT2D eigenvalue weighted by Crippen LogP contribution is -2.47. The summed E-state index contributed by atoms with van der Waals surface area (Å²) in [4.78, 5) is 0. The Kier molecular flexibility index (Phi) is 5.85. The average molecular weight is 264 g/mol. The summed E-state index contributed by atoms with van der Waals surface area (Å²) < 4.78 is 28.5. The molecule has 17 heavy (non-hydrogen) atoms. The minimum atomic E-state index is -2.93. The average Bonchev–Trinajstić information content (AvgIpc) is 2.29. The first-order valence-electron chi connectivity index (χ1n) is 6.21. The van der Waals surface area contributed by atoms with E-state index in [1.54, 1.807) is 0 Å². The molecule has 3 N–H and O–H groups in total. The van der Waals surface area contributed by atoms with Crippen molar-refractivity contribution in [3.63, 3.8) is 0 Å². The summed E-state index contributed by atoms with van der Waals surface area (Å²) in [6.45, 7) is 3.14. The fourth-order valence-corrected chi connectivity index (χ4v) is 3.69. The lowest BCUT2D eigenvalue weighted by Gasteiger charge is -2.33. The van der Waals surface area contributed by atoms with Gasteiger partial charge in [0.25, 0.3) is 0 Å². The Morgan fingerprint density at radius 2 is 2.18 bits per heavy atom. The van der Waals surface area contributed by atoms with Crippen molar-refractivity contribution in [2.45, 2.75) is 43.9 Å². The molecule has 3 atom stereocenters. The summed E-state index contributed by atoms with van der Waals surface area (Å²) in [5, 5.41) is -0.210. The molecule has 0 aliphatic heterocycles. The Labute approximate surface area is 104 Å². The first kappa shape index (κ1) is 14.9. The van der Waals surface area contributed by atoms with Crippen molar-refractivity contribution in [2.75, 3.05) is 19.5 Å². The number of hydrogen-bond acceptors (Lipinski definition) is 5. The molecule has 1 fully saturated rings. The van der Waals surface area contributed by atoms with Gasteiger partial charge in [-0.25, -0.2) is 8.42 Å². The lowest BCUT2D eigenvalue weighted by atomic mass is 9.84. The number of hydrogen-bond donors (Lipinski definition) is 2. The molecule has 0 spiro atoms. The Morgan fingerprint density at radius 1 is 1.47 bits per heavy atom. The van der Waals surface area contributed by atoms with E-state index in [0.717, 1.165) is 19.3 Å². The molecule has 0 radical (unpaired) electrons. The van der Waals surface area contributed by atoms with E-state index in [4.69, 9.17) is 10.6 Å². The van der Waals surface area contributed by atoms with Crippen molar-refractivity contribution in [1.82, 2.24) is 5.43 Å². The summed E-state index contributed by atoms with van der Waals surface area (Å²) >= 11 is 0. The van der Waals surface area contributed by atoms with Crippen LogP contribution in [0.15, 0.2) is 0 Å². The molecule has 0 bridgehead atoms. The summed E-state index contributed by atoms with van der Waals surface area (Å²) in [6, 6.07) is 0.0551. The predicted molar refractivity (Wildman–Crippen MR) is 68.2 cm³/mol. The van der Waals surface area contributed by atoms with Crippen LogP contribution in [0.3, 0.4) is 0 Å². The molecule has 1 aliphatic carbocycles. The molecule has 1 saturated carbocycles. The summed E-state index contributed by atoms with van der Waals surface area (Å²) in [5.74, 6) is 5.81. The van der Waals surface area contributed by atoms with E-state index < -0.39 is 9.84 Å². The van der Waals surface area contributed by atoms with E-state index in [1.807, 2.05) is 6.92 Å². The van der Waals surface area contributed by atoms with Gasteiger partial charge in [0, 0.05) is 18.9 Å². The van der Waals surface area contributed by atoms with Crippen molar-refractivity contribution in [2.24, 2.45) is 11.8 Å². The third-order valence-corrected chi connectivity index (χ3v) is 5.20. The molecule has 1 rings (SSSR count). The van der Waals surface area contributed by atoms with Gasteiger partial charge in [-0.1, -0.05) is 6.42 Å². The summed E-state index contributed by atoms with van der Waals surface area (Å²) in [6.07, 6.45) is 4.77. The number of sulfone groups is 1. The number of nitrogens with one attached hydrogen (secondary N) is 1. The van der Waals surface area contributed by atoms with Gasteiger partial charge in [0.2, 0.25) is 0 Å². The number of ether oxygens (including phenoxy) is 1. The van der Waals surface area contributed by atoms with Crippen LogP contribution in [0, 0.1) is 5.92 Å². The highest BCUT2D eigenvalue weighted by atomic mass is 32.2. The zero-order valence-corrected chi connectivity index (χ0v) is 11.5. The Morgan fingerprint density at radius 3 is 2.71 bits per heavy atom. The second-order valence-corrected chi connectivity index (χ2v) is 7.14. The van der Waals surface area contributed by atoms with Gasteiger partial charge in [0.05, 0.1) is 11.9 Å². The van der Waals surface area contributed by atoms with E-state index in [1.165, 1.54) is 6.26 Å². The standard InChI is InChI=1S/C11H24N2O3S/c1-3-16-8-11(13-12)9-5-4-6-10(7-9)17(2,14)15/h9-11,13H,3-8,12H2,1-2H3. The first-order chi connectivity index (χ1) is 7.99. The van der Waals surface area contributed by atoms with E-state index in [2.05, 4.69) is 5.43 Å². The van der Waals surface area contributed by atoms with Crippen molar-refractivity contribution in [3.05, 3.63) is 0 Å². The molecule has 3 unspecified atom stereocenters. The predicted octanol–water partition coefficient (Wildman–Crippen LogP) is 0.458. The molecule has 0 aromatic carbocycles. The van der Waals surface area contributed by atoms with Crippen LogP contribution in [0.2, 0.25) is 0 Å². The van der Waals surface area contributed by atoms with Gasteiger partial charge in [-0.15, -0.1) is 0 Å². The van der Waals surface area contributed by atoms with Crippen molar-refractivity contribution in [3.8, 4) is 0 Å². The second kappa shape index (κ2) is 6.68. The second-order valence-electron chi connectivity index (χ2n) is 4.81. The van der Waals surface area contributed by atoms with Gasteiger partial charge >= 0.3 is 0 Å². The molecule has 0 saturated heterocycles. The Balaban J connectivity index is 2.58. The number of rotatable bonds is 6. The third kappa shape index (κ3) is 4.54. The van der Waals surface area contributed by atoms with Gasteiger partial charge in [-0.3, -0.25) is 11.3 Å². The Bertz CT molecular complexity index is 319. The zero-order valence-electron chi connectivity index (χ0n) is 10.7. The SMILES string of the molecule is CCOCC(NN)C1CCCC(S(C)(=O)=O)C1. The van der Waals surface area contributed by atoms with Gasteiger partial charge < -0.3 is 4.74 Å². The monoisotopic (exact) mass is 264 g/mol. The smallest absolute Gasteiger partial charge is 0.150 e. The maximum atomic E-state index is 11.6. The zero-order chi connectivity index (χ0) is 12.9. The van der Waals surface area contributed by atoms with E-state index in [9.17, 15) is 8.42 Å². The van der Waals surface area contributed by atoms with Crippen LogP contribution in [-0.4, -0.2) is 39.2 Å². The molecule has 1 aliphatic rings. The molecule has 0 amide bonds. The van der Waals surface area contributed by atoms with E-state index in [0.29, 0.717) is 25.6 Å². The fourth-order valence-electron chi connectivity index (χ4n) is 2.50. The molecule has 0 aromatic rings. The maximum Gasteiger partial charge on any atom is 0.150 e. The van der Waals surface area contributed by atoms with Gasteiger partial charge in [0.15, 0.2) is 0 Å². The van der Waals surface area contributed by atoms with E-state index >= 15 is 0 Å². The summed E-state index contributed by atoms with van der Waals surface area (Å²) in [7, 11) is -2.93.